The van der Waals surface area contributed by atoms with E-state index in [0.717, 1.165) is 11.3 Å². The molecule has 3 heterocycles. The first-order valence-corrected chi connectivity index (χ1v) is 13.9. The molecule has 5 rings (SSSR count). The van der Waals surface area contributed by atoms with Gasteiger partial charge in [0.1, 0.15) is 11.5 Å². The Morgan fingerprint density at radius 2 is 1.88 bits per heavy atom. The summed E-state index contributed by atoms with van der Waals surface area (Å²) in [6, 6.07) is 12.2. The Balaban J connectivity index is 1.63. The molecule has 10 nitrogen and oxygen atoms in total. The molecule has 0 fully saturated rings. The van der Waals surface area contributed by atoms with Gasteiger partial charge in [-0.3, -0.25) is 9.36 Å². The van der Waals surface area contributed by atoms with Crippen molar-refractivity contribution in [3.05, 3.63) is 101 Å². The molecule has 0 bridgehead atoms. The van der Waals surface area contributed by atoms with E-state index in [1.165, 1.54) is 30.9 Å². The molecule has 1 aliphatic heterocycles. The quantitative estimate of drug-likeness (QED) is 0.291. The second-order valence-electron chi connectivity index (χ2n) is 9.12. The molecule has 1 aliphatic rings. The Bertz CT molecular complexity index is 1930. The Hall–Kier alpha value is -4.61. The molecule has 0 radical (unpaired) electrons. The number of allylic oxidation sites excluding steroid dienone is 1. The maximum atomic E-state index is 13.9. The van der Waals surface area contributed by atoms with E-state index in [1.54, 1.807) is 56.3 Å². The van der Waals surface area contributed by atoms with Crippen molar-refractivity contribution in [2.75, 3.05) is 20.8 Å². The van der Waals surface area contributed by atoms with Gasteiger partial charge in [-0.25, -0.2) is 14.6 Å². The standard InChI is InChI=1S/C30H25ClN2O8S/c1-5-40-29(37)25-15(2)32-30-33(26(25)17-7-10-22(38-3)23(13-17)39-4)27(34)24(42-30)14-18-8-11-21(41-18)16-6-9-20(31)19(12-16)28(35)36/h6-14,26H,5H2,1-4H3,(H,35,36)/b24-14-. The molecule has 2 aromatic heterocycles. The number of carbonyl (C=O) groups excluding carboxylic acids is 1. The molecule has 1 unspecified atom stereocenters. The molecule has 0 saturated heterocycles. The van der Waals surface area contributed by atoms with Crippen LogP contribution in [0.25, 0.3) is 17.4 Å². The van der Waals surface area contributed by atoms with Crippen molar-refractivity contribution in [1.29, 1.82) is 0 Å². The first kappa shape index (κ1) is 28.9. The lowest BCUT2D eigenvalue weighted by Crippen LogP contribution is -2.39. The van der Waals surface area contributed by atoms with Gasteiger partial charge in [-0.1, -0.05) is 29.0 Å². The fourth-order valence-corrected chi connectivity index (χ4v) is 5.91. The lowest BCUT2D eigenvalue weighted by Gasteiger charge is -2.25. The largest absolute Gasteiger partial charge is 0.493 e. The molecule has 4 aromatic rings. The van der Waals surface area contributed by atoms with Crippen LogP contribution in [0.5, 0.6) is 11.5 Å². The van der Waals surface area contributed by atoms with E-state index < -0.39 is 18.0 Å². The van der Waals surface area contributed by atoms with Crippen LogP contribution in [0.15, 0.2) is 74.0 Å². The Labute approximate surface area is 248 Å². The summed E-state index contributed by atoms with van der Waals surface area (Å²) in [6.45, 7) is 3.56. The number of hydrogen-bond donors (Lipinski definition) is 1. The number of halogens is 1. The lowest BCUT2D eigenvalue weighted by atomic mass is 9.95. The minimum atomic E-state index is -1.16. The smallest absolute Gasteiger partial charge is 0.338 e. The van der Waals surface area contributed by atoms with Gasteiger partial charge in [0.05, 0.1) is 53.3 Å². The van der Waals surface area contributed by atoms with Crippen molar-refractivity contribution in [1.82, 2.24) is 4.57 Å². The molecular weight excluding hydrogens is 584 g/mol. The average Bonchev–Trinajstić information content (AvgIpc) is 3.56. The summed E-state index contributed by atoms with van der Waals surface area (Å²) in [7, 11) is 3.03. The van der Waals surface area contributed by atoms with Crippen LogP contribution in [0, 0.1) is 0 Å². The number of thiazole rings is 1. The second kappa shape index (κ2) is 11.7. The number of carboxylic acid groups (broad SMARTS) is 1. The highest BCUT2D eigenvalue weighted by Gasteiger charge is 2.34. The van der Waals surface area contributed by atoms with Gasteiger partial charge in [-0.2, -0.15) is 0 Å². The molecule has 1 atom stereocenters. The number of nitrogens with zero attached hydrogens (tertiary/aromatic N) is 2. The van der Waals surface area contributed by atoms with Crippen LogP contribution >= 0.6 is 22.9 Å². The fraction of sp³-hybridized carbons (Fsp3) is 0.200. The number of methoxy groups -OCH3 is 2. The van der Waals surface area contributed by atoms with E-state index in [0.29, 0.717) is 49.2 Å². The molecule has 0 aliphatic carbocycles. The molecule has 2 aromatic carbocycles. The van der Waals surface area contributed by atoms with E-state index >= 15 is 0 Å². The van der Waals surface area contributed by atoms with Gasteiger partial charge in [-0.05, 0) is 61.9 Å². The highest BCUT2D eigenvalue weighted by molar-refractivity contribution is 7.07. The monoisotopic (exact) mass is 608 g/mol. The van der Waals surface area contributed by atoms with Gasteiger partial charge in [0.2, 0.25) is 0 Å². The topological polar surface area (TPSA) is 130 Å². The SMILES string of the molecule is CCOC(=O)C1=C(C)N=c2s/c(=C\c3ccc(-c4ccc(Cl)c(C(=O)O)c4)o3)c(=O)n2C1c1ccc(OC)c(OC)c1. The van der Waals surface area contributed by atoms with Crippen LogP contribution in [-0.4, -0.2) is 42.4 Å². The van der Waals surface area contributed by atoms with Crippen LogP contribution < -0.4 is 24.4 Å². The van der Waals surface area contributed by atoms with E-state index in [1.807, 2.05) is 0 Å². The summed E-state index contributed by atoms with van der Waals surface area (Å²) < 4.78 is 23.9. The van der Waals surface area contributed by atoms with Crippen LogP contribution in [0.3, 0.4) is 0 Å². The van der Waals surface area contributed by atoms with Gasteiger partial charge in [0, 0.05) is 11.6 Å². The van der Waals surface area contributed by atoms with Crippen molar-refractivity contribution in [3.8, 4) is 22.8 Å². The van der Waals surface area contributed by atoms with E-state index in [2.05, 4.69) is 4.99 Å². The zero-order valence-electron chi connectivity index (χ0n) is 23.0. The first-order chi connectivity index (χ1) is 20.2. The average molecular weight is 609 g/mol. The number of fused-ring (bicyclic) bond motifs is 1. The van der Waals surface area contributed by atoms with Crippen molar-refractivity contribution >= 4 is 41.0 Å². The third-order valence-corrected chi connectivity index (χ3v) is 7.93. The molecule has 42 heavy (non-hydrogen) atoms. The number of aromatic nitrogens is 1. The molecule has 0 saturated carbocycles. The number of ether oxygens (including phenoxy) is 3. The van der Waals surface area contributed by atoms with E-state index in [9.17, 15) is 19.5 Å². The third-order valence-electron chi connectivity index (χ3n) is 6.62. The van der Waals surface area contributed by atoms with Crippen LogP contribution in [0.1, 0.15) is 41.6 Å². The number of aromatic carboxylic acids is 1. The number of esters is 1. The van der Waals surface area contributed by atoms with Crippen LogP contribution in [0.4, 0.5) is 0 Å². The van der Waals surface area contributed by atoms with Gasteiger partial charge < -0.3 is 23.7 Å². The predicted molar refractivity (Wildman–Crippen MR) is 156 cm³/mol. The second-order valence-corrected chi connectivity index (χ2v) is 10.5. The molecular formula is C30H25ClN2O8S. The van der Waals surface area contributed by atoms with Crippen LogP contribution in [0.2, 0.25) is 5.02 Å². The number of hydrogen-bond acceptors (Lipinski definition) is 9. The minimum absolute atomic E-state index is 0.0524. The van der Waals surface area contributed by atoms with Crippen molar-refractivity contribution in [2.24, 2.45) is 4.99 Å². The van der Waals surface area contributed by atoms with Crippen molar-refractivity contribution in [3.63, 3.8) is 0 Å². The maximum Gasteiger partial charge on any atom is 0.338 e. The summed E-state index contributed by atoms with van der Waals surface area (Å²) in [5.74, 6) is -0.0328. The Morgan fingerprint density at radius 1 is 1.12 bits per heavy atom. The molecule has 1 N–H and O–H groups in total. The summed E-state index contributed by atoms with van der Waals surface area (Å²) in [5, 5.41) is 9.51. The molecule has 0 spiro atoms. The normalized spacial score (nSPS) is 14.8. The third kappa shape index (κ3) is 5.24. The van der Waals surface area contributed by atoms with E-state index in [-0.39, 0.29) is 28.3 Å². The van der Waals surface area contributed by atoms with Crippen molar-refractivity contribution in [2.45, 2.75) is 19.9 Å². The van der Waals surface area contributed by atoms with E-state index in [4.69, 9.17) is 30.2 Å². The lowest BCUT2D eigenvalue weighted by molar-refractivity contribution is -0.139. The summed E-state index contributed by atoms with van der Waals surface area (Å²) in [5.41, 5.74) is 1.35. The zero-order valence-corrected chi connectivity index (χ0v) is 24.5. The van der Waals surface area contributed by atoms with Crippen molar-refractivity contribution < 1.29 is 33.3 Å². The molecule has 12 heteroatoms. The Kier molecular flexibility index (Phi) is 8.06. The highest BCUT2D eigenvalue weighted by Crippen LogP contribution is 2.36. The first-order valence-electron chi connectivity index (χ1n) is 12.7. The van der Waals surface area contributed by atoms with Gasteiger partial charge in [0.25, 0.3) is 5.56 Å². The maximum absolute atomic E-state index is 13.9. The minimum Gasteiger partial charge on any atom is -0.493 e. The summed E-state index contributed by atoms with van der Waals surface area (Å²) >= 11 is 7.14. The number of rotatable bonds is 8. The number of benzene rings is 2. The Morgan fingerprint density at radius 3 is 2.57 bits per heavy atom. The fourth-order valence-electron chi connectivity index (χ4n) is 4.69. The highest BCUT2D eigenvalue weighted by atomic mass is 35.5. The zero-order chi connectivity index (χ0) is 30.1. The number of carbonyl (C=O) groups is 2. The summed E-state index contributed by atoms with van der Waals surface area (Å²) in [6.07, 6.45) is 1.58. The molecule has 216 valence electrons. The molecule has 0 amide bonds. The number of furan rings is 1. The summed E-state index contributed by atoms with van der Waals surface area (Å²) in [4.78, 5) is 43.5. The van der Waals surface area contributed by atoms with Gasteiger partial charge >= 0.3 is 11.9 Å². The van der Waals surface area contributed by atoms with Gasteiger partial charge in [0.15, 0.2) is 16.3 Å². The number of carboxylic acids is 1. The van der Waals surface area contributed by atoms with Crippen LogP contribution in [-0.2, 0) is 9.53 Å². The predicted octanol–water partition coefficient (Wildman–Crippen LogP) is 4.43. The van der Waals surface area contributed by atoms with Gasteiger partial charge in [-0.15, -0.1) is 0 Å².